The minimum Gasteiger partial charge on any atom is -0.354 e. The van der Waals surface area contributed by atoms with Gasteiger partial charge in [0.1, 0.15) is 5.82 Å². The normalized spacial score (nSPS) is 10.3. The molecule has 19 heavy (non-hydrogen) atoms. The summed E-state index contributed by atoms with van der Waals surface area (Å²) in [4.78, 5) is 8.55. The fourth-order valence-corrected chi connectivity index (χ4v) is 1.79. The maximum Gasteiger partial charge on any atom is 0.224 e. The van der Waals surface area contributed by atoms with Crippen molar-refractivity contribution in [1.82, 2.24) is 9.97 Å². The number of anilines is 3. The van der Waals surface area contributed by atoms with Crippen molar-refractivity contribution in [2.24, 2.45) is 0 Å². The molecule has 0 unspecified atom stereocenters. The van der Waals surface area contributed by atoms with E-state index in [1.54, 1.807) is 6.20 Å². The van der Waals surface area contributed by atoms with Crippen molar-refractivity contribution in [3.05, 3.63) is 41.0 Å². The summed E-state index contributed by atoms with van der Waals surface area (Å²) in [5, 5.41) is 7.03. The monoisotopic (exact) mass is 276 g/mol. The standard InChI is InChI=1S/C14H17ClN4/c1-3-7-16-14-17-8-6-13(19-14)18-12-9-10(2)4-5-11(12)15/h4-6,8-9H,3,7H2,1-2H3,(H2,16,17,18,19). The van der Waals surface area contributed by atoms with Crippen LogP contribution in [-0.2, 0) is 0 Å². The topological polar surface area (TPSA) is 49.8 Å². The molecule has 2 rings (SSSR count). The summed E-state index contributed by atoms with van der Waals surface area (Å²) < 4.78 is 0. The number of benzene rings is 1. The van der Waals surface area contributed by atoms with Crippen molar-refractivity contribution < 1.29 is 0 Å². The van der Waals surface area contributed by atoms with Crippen LogP contribution >= 0.6 is 11.6 Å². The number of halogens is 1. The molecule has 0 saturated carbocycles. The Morgan fingerprint density at radius 3 is 2.89 bits per heavy atom. The Bertz CT molecular complexity index is 557. The van der Waals surface area contributed by atoms with Gasteiger partial charge in [-0.3, -0.25) is 0 Å². The van der Waals surface area contributed by atoms with Gasteiger partial charge in [0.05, 0.1) is 10.7 Å². The Morgan fingerprint density at radius 2 is 2.11 bits per heavy atom. The van der Waals surface area contributed by atoms with Gasteiger partial charge in [0.25, 0.3) is 0 Å². The zero-order valence-corrected chi connectivity index (χ0v) is 11.8. The third kappa shape index (κ3) is 3.83. The lowest BCUT2D eigenvalue weighted by molar-refractivity contribution is 0.953. The van der Waals surface area contributed by atoms with Crippen LogP contribution in [0.15, 0.2) is 30.5 Å². The van der Waals surface area contributed by atoms with Crippen LogP contribution in [0.2, 0.25) is 5.02 Å². The molecule has 0 amide bonds. The summed E-state index contributed by atoms with van der Waals surface area (Å²) in [5.41, 5.74) is 1.99. The Hall–Kier alpha value is -1.81. The largest absolute Gasteiger partial charge is 0.354 e. The predicted octanol–water partition coefficient (Wildman–Crippen LogP) is 4.00. The molecule has 5 heteroatoms. The molecule has 0 fully saturated rings. The zero-order valence-electron chi connectivity index (χ0n) is 11.1. The highest BCUT2D eigenvalue weighted by atomic mass is 35.5. The number of hydrogen-bond acceptors (Lipinski definition) is 4. The second-order valence-electron chi connectivity index (χ2n) is 4.30. The highest BCUT2D eigenvalue weighted by Crippen LogP contribution is 2.25. The van der Waals surface area contributed by atoms with Gasteiger partial charge in [-0.25, -0.2) is 4.98 Å². The summed E-state index contributed by atoms with van der Waals surface area (Å²) >= 11 is 6.15. The molecule has 4 nitrogen and oxygen atoms in total. The second-order valence-corrected chi connectivity index (χ2v) is 4.71. The average Bonchev–Trinajstić information content (AvgIpc) is 2.41. The molecule has 0 saturated heterocycles. The maximum atomic E-state index is 6.15. The lowest BCUT2D eigenvalue weighted by Crippen LogP contribution is -2.05. The lowest BCUT2D eigenvalue weighted by atomic mass is 10.2. The van der Waals surface area contributed by atoms with Crippen molar-refractivity contribution in [3.63, 3.8) is 0 Å². The van der Waals surface area contributed by atoms with Crippen LogP contribution in [-0.4, -0.2) is 16.5 Å². The van der Waals surface area contributed by atoms with Crippen LogP contribution in [0.4, 0.5) is 17.5 Å². The lowest BCUT2D eigenvalue weighted by Gasteiger charge is -2.10. The number of nitrogens with one attached hydrogen (secondary N) is 2. The van der Waals surface area contributed by atoms with E-state index in [4.69, 9.17) is 11.6 Å². The van der Waals surface area contributed by atoms with Crippen molar-refractivity contribution >= 4 is 29.1 Å². The molecule has 0 radical (unpaired) electrons. The van der Waals surface area contributed by atoms with Gasteiger partial charge in [-0.05, 0) is 37.1 Å². The highest BCUT2D eigenvalue weighted by Gasteiger charge is 2.03. The summed E-state index contributed by atoms with van der Waals surface area (Å²) in [6.07, 6.45) is 2.75. The minimum atomic E-state index is 0.621. The first-order chi connectivity index (χ1) is 9.19. The first kappa shape index (κ1) is 13.6. The van der Waals surface area contributed by atoms with Gasteiger partial charge in [0.15, 0.2) is 0 Å². The van der Waals surface area contributed by atoms with E-state index in [9.17, 15) is 0 Å². The molecule has 1 heterocycles. The van der Waals surface area contributed by atoms with Gasteiger partial charge in [-0.1, -0.05) is 24.6 Å². The Kier molecular flexibility index (Phi) is 4.58. The van der Waals surface area contributed by atoms with E-state index in [0.29, 0.717) is 11.0 Å². The van der Waals surface area contributed by atoms with Crippen LogP contribution in [0.3, 0.4) is 0 Å². The van der Waals surface area contributed by atoms with Crippen LogP contribution in [0.1, 0.15) is 18.9 Å². The number of aryl methyl sites for hydroxylation is 1. The molecule has 0 atom stereocenters. The molecule has 2 aromatic rings. The van der Waals surface area contributed by atoms with Crippen LogP contribution in [0.5, 0.6) is 0 Å². The molecular weight excluding hydrogens is 260 g/mol. The van der Waals surface area contributed by atoms with Gasteiger partial charge in [-0.15, -0.1) is 0 Å². The van der Waals surface area contributed by atoms with Gasteiger partial charge in [-0.2, -0.15) is 4.98 Å². The van der Waals surface area contributed by atoms with E-state index in [1.807, 2.05) is 31.2 Å². The molecule has 0 spiro atoms. The Morgan fingerprint density at radius 1 is 1.26 bits per heavy atom. The molecule has 100 valence electrons. The van der Waals surface area contributed by atoms with Crippen molar-refractivity contribution in [3.8, 4) is 0 Å². The van der Waals surface area contributed by atoms with Gasteiger partial charge >= 0.3 is 0 Å². The fraction of sp³-hybridized carbons (Fsp3) is 0.286. The summed E-state index contributed by atoms with van der Waals surface area (Å²) in [7, 11) is 0. The first-order valence-corrected chi connectivity index (χ1v) is 6.67. The summed E-state index contributed by atoms with van der Waals surface area (Å²) in [5.74, 6) is 1.34. The molecule has 0 bridgehead atoms. The maximum absolute atomic E-state index is 6.15. The summed E-state index contributed by atoms with van der Waals surface area (Å²) in [6, 6.07) is 7.65. The van der Waals surface area contributed by atoms with Crippen LogP contribution in [0, 0.1) is 6.92 Å². The number of hydrogen-bond donors (Lipinski definition) is 2. The van der Waals surface area contributed by atoms with E-state index in [1.165, 1.54) is 0 Å². The van der Waals surface area contributed by atoms with Gasteiger partial charge in [0.2, 0.25) is 5.95 Å². The molecule has 2 N–H and O–H groups in total. The quantitative estimate of drug-likeness (QED) is 0.866. The second kappa shape index (κ2) is 6.38. The highest BCUT2D eigenvalue weighted by molar-refractivity contribution is 6.33. The number of aromatic nitrogens is 2. The summed E-state index contributed by atoms with van der Waals surface area (Å²) in [6.45, 7) is 4.98. The first-order valence-electron chi connectivity index (χ1n) is 6.29. The van der Waals surface area contributed by atoms with E-state index < -0.39 is 0 Å². The fourth-order valence-electron chi connectivity index (χ4n) is 1.62. The molecule has 1 aromatic carbocycles. The minimum absolute atomic E-state index is 0.621. The third-order valence-electron chi connectivity index (χ3n) is 2.57. The van der Waals surface area contributed by atoms with Crippen molar-refractivity contribution in [2.75, 3.05) is 17.2 Å². The SMILES string of the molecule is CCCNc1nccc(Nc2cc(C)ccc2Cl)n1. The third-order valence-corrected chi connectivity index (χ3v) is 2.90. The smallest absolute Gasteiger partial charge is 0.224 e. The predicted molar refractivity (Wildman–Crippen MR) is 80.3 cm³/mol. The van der Waals surface area contributed by atoms with Crippen molar-refractivity contribution in [1.29, 1.82) is 0 Å². The van der Waals surface area contributed by atoms with Crippen LogP contribution < -0.4 is 10.6 Å². The van der Waals surface area contributed by atoms with Gasteiger partial charge in [0, 0.05) is 12.7 Å². The number of nitrogens with zero attached hydrogens (tertiary/aromatic N) is 2. The van der Waals surface area contributed by atoms with Gasteiger partial charge < -0.3 is 10.6 Å². The average molecular weight is 277 g/mol. The van der Waals surface area contributed by atoms with E-state index >= 15 is 0 Å². The molecular formula is C14H17ClN4. The van der Waals surface area contributed by atoms with Crippen molar-refractivity contribution in [2.45, 2.75) is 20.3 Å². The molecule has 0 aliphatic carbocycles. The molecule has 0 aliphatic rings. The Labute approximate surface area is 118 Å². The van der Waals surface area contributed by atoms with E-state index in [-0.39, 0.29) is 0 Å². The van der Waals surface area contributed by atoms with E-state index in [2.05, 4.69) is 27.5 Å². The molecule has 1 aromatic heterocycles. The number of rotatable bonds is 5. The zero-order chi connectivity index (χ0) is 13.7. The Balaban J connectivity index is 2.16. The molecule has 0 aliphatic heterocycles. The van der Waals surface area contributed by atoms with Crippen LogP contribution in [0.25, 0.3) is 0 Å². The van der Waals surface area contributed by atoms with E-state index in [0.717, 1.165) is 30.0 Å².